The normalized spacial score (nSPS) is 12.2. The summed E-state index contributed by atoms with van der Waals surface area (Å²) in [5.74, 6) is 1.74. The van der Waals surface area contributed by atoms with E-state index in [0.29, 0.717) is 0 Å². The topological polar surface area (TPSA) is 30.5 Å². The number of rotatable bonds is 7. The monoisotopic (exact) mass is 291 g/mol. The molecule has 0 saturated heterocycles. The van der Waals surface area contributed by atoms with Crippen molar-refractivity contribution < 1.29 is 9.47 Å². The van der Waals surface area contributed by atoms with Crippen molar-refractivity contribution in [2.45, 2.75) is 18.9 Å². The molecule has 3 nitrogen and oxygen atoms in total. The lowest BCUT2D eigenvalue weighted by Gasteiger charge is -2.21. The van der Waals surface area contributed by atoms with Gasteiger partial charge in [0.1, 0.15) is 11.5 Å². The number of ether oxygens (including phenoxy) is 2. The standard InChI is InChI=1S/C16H21NO2S/c1-17-13(8-7-12-9-10-20-11-12)16-14(18-2)5-4-6-15(16)19-3/h4-6,9-11,13,17H,7-8H2,1-3H3. The van der Waals surface area contributed by atoms with Crippen LogP contribution in [0.3, 0.4) is 0 Å². The van der Waals surface area contributed by atoms with Crippen LogP contribution in [0.1, 0.15) is 23.6 Å². The van der Waals surface area contributed by atoms with Crippen LogP contribution in [0, 0.1) is 0 Å². The number of aryl methyl sites for hydroxylation is 1. The molecule has 0 bridgehead atoms. The van der Waals surface area contributed by atoms with Gasteiger partial charge in [-0.25, -0.2) is 0 Å². The Hall–Kier alpha value is -1.52. The predicted octanol–water partition coefficient (Wildman–Crippen LogP) is 3.66. The van der Waals surface area contributed by atoms with E-state index in [9.17, 15) is 0 Å². The molecule has 0 spiro atoms. The van der Waals surface area contributed by atoms with Crippen LogP contribution < -0.4 is 14.8 Å². The zero-order valence-corrected chi connectivity index (χ0v) is 13.0. The van der Waals surface area contributed by atoms with E-state index in [0.717, 1.165) is 29.9 Å². The second-order valence-corrected chi connectivity index (χ2v) is 5.37. The lowest BCUT2D eigenvalue weighted by atomic mass is 9.98. The summed E-state index contributed by atoms with van der Waals surface area (Å²) in [5.41, 5.74) is 2.47. The highest BCUT2D eigenvalue weighted by Crippen LogP contribution is 2.35. The Kier molecular flexibility index (Phi) is 5.44. The SMILES string of the molecule is CNC(CCc1ccsc1)c1c(OC)cccc1OC. The van der Waals surface area contributed by atoms with Crippen molar-refractivity contribution in [3.63, 3.8) is 0 Å². The van der Waals surface area contributed by atoms with E-state index in [4.69, 9.17) is 9.47 Å². The molecule has 1 unspecified atom stereocenters. The third-order valence-corrected chi connectivity index (χ3v) is 4.20. The minimum Gasteiger partial charge on any atom is -0.496 e. The fourth-order valence-electron chi connectivity index (χ4n) is 2.40. The van der Waals surface area contributed by atoms with E-state index in [1.54, 1.807) is 25.6 Å². The van der Waals surface area contributed by atoms with Gasteiger partial charge in [-0.1, -0.05) is 6.07 Å². The molecule has 0 radical (unpaired) electrons. The van der Waals surface area contributed by atoms with Crippen LogP contribution >= 0.6 is 11.3 Å². The first-order valence-electron chi connectivity index (χ1n) is 6.69. The van der Waals surface area contributed by atoms with Crippen LogP contribution in [0.15, 0.2) is 35.0 Å². The molecule has 4 heteroatoms. The van der Waals surface area contributed by atoms with Gasteiger partial charge >= 0.3 is 0 Å². The fourth-order valence-corrected chi connectivity index (χ4v) is 3.11. The molecule has 108 valence electrons. The molecule has 1 aromatic heterocycles. The highest BCUT2D eigenvalue weighted by molar-refractivity contribution is 7.07. The Balaban J connectivity index is 2.21. The third kappa shape index (κ3) is 3.32. The van der Waals surface area contributed by atoms with E-state index in [1.807, 2.05) is 25.2 Å². The first-order chi connectivity index (χ1) is 9.80. The molecule has 0 aliphatic carbocycles. The Bertz CT molecular complexity index is 503. The molecule has 1 N–H and O–H groups in total. The van der Waals surface area contributed by atoms with Crippen molar-refractivity contribution in [3.05, 3.63) is 46.2 Å². The number of methoxy groups -OCH3 is 2. The van der Waals surface area contributed by atoms with E-state index in [-0.39, 0.29) is 6.04 Å². The molecule has 1 aromatic carbocycles. The second kappa shape index (κ2) is 7.31. The van der Waals surface area contributed by atoms with Crippen LogP contribution in [0.5, 0.6) is 11.5 Å². The number of hydrogen-bond acceptors (Lipinski definition) is 4. The number of hydrogen-bond donors (Lipinski definition) is 1. The van der Waals surface area contributed by atoms with Crippen LogP contribution in [-0.2, 0) is 6.42 Å². The summed E-state index contributed by atoms with van der Waals surface area (Å²) in [6, 6.07) is 8.30. The van der Waals surface area contributed by atoms with Gasteiger partial charge in [-0.05, 0) is 54.4 Å². The molecule has 0 aliphatic rings. The molecule has 2 rings (SSSR count). The molecule has 2 aromatic rings. The van der Waals surface area contributed by atoms with E-state index >= 15 is 0 Å². The number of nitrogens with one attached hydrogen (secondary N) is 1. The van der Waals surface area contributed by atoms with E-state index in [2.05, 4.69) is 22.1 Å². The lowest BCUT2D eigenvalue weighted by molar-refractivity contribution is 0.370. The first kappa shape index (κ1) is 14.9. The lowest BCUT2D eigenvalue weighted by Crippen LogP contribution is -2.18. The molecule has 0 amide bonds. The summed E-state index contributed by atoms with van der Waals surface area (Å²) in [5, 5.41) is 7.69. The van der Waals surface area contributed by atoms with Crippen molar-refractivity contribution in [1.29, 1.82) is 0 Å². The van der Waals surface area contributed by atoms with Crippen molar-refractivity contribution in [1.82, 2.24) is 5.32 Å². The van der Waals surface area contributed by atoms with Crippen molar-refractivity contribution >= 4 is 11.3 Å². The molecule has 1 atom stereocenters. The average molecular weight is 291 g/mol. The summed E-state index contributed by atoms with van der Waals surface area (Å²) in [6.45, 7) is 0. The minimum atomic E-state index is 0.209. The minimum absolute atomic E-state index is 0.209. The average Bonchev–Trinajstić information content (AvgIpc) is 3.01. The van der Waals surface area contributed by atoms with Crippen LogP contribution in [0.2, 0.25) is 0 Å². The van der Waals surface area contributed by atoms with Crippen LogP contribution in [0.4, 0.5) is 0 Å². The summed E-state index contributed by atoms with van der Waals surface area (Å²) in [7, 11) is 5.37. The Morgan fingerprint density at radius 1 is 1.15 bits per heavy atom. The van der Waals surface area contributed by atoms with Crippen molar-refractivity contribution in [2.75, 3.05) is 21.3 Å². The molecule has 0 aliphatic heterocycles. The molecular formula is C16H21NO2S. The molecule has 20 heavy (non-hydrogen) atoms. The van der Waals surface area contributed by atoms with Gasteiger partial charge in [0.25, 0.3) is 0 Å². The summed E-state index contributed by atoms with van der Waals surface area (Å²) in [6.07, 6.45) is 2.04. The molecule has 0 fully saturated rings. The van der Waals surface area contributed by atoms with Crippen LogP contribution in [0.25, 0.3) is 0 Å². The van der Waals surface area contributed by atoms with Crippen molar-refractivity contribution in [3.8, 4) is 11.5 Å². The Labute approximate surface area is 124 Å². The Morgan fingerprint density at radius 3 is 2.35 bits per heavy atom. The Morgan fingerprint density at radius 2 is 1.85 bits per heavy atom. The van der Waals surface area contributed by atoms with Gasteiger partial charge in [-0.3, -0.25) is 0 Å². The van der Waals surface area contributed by atoms with Gasteiger partial charge in [0.15, 0.2) is 0 Å². The third-order valence-electron chi connectivity index (χ3n) is 3.46. The van der Waals surface area contributed by atoms with Crippen LogP contribution in [-0.4, -0.2) is 21.3 Å². The summed E-state index contributed by atoms with van der Waals surface area (Å²) < 4.78 is 11.0. The maximum atomic E-state index is 5.49. The van der Waals surface area contributed by atoms with Gasteiger partial charge < -0.3 is 14.8 Å². The largest absolute Gasteiger partial charge is 0.496 e. The van der Waals surface area contributed by atoms with Gasteiger partial charge in [-0.2, -0.15) is 11.3 Å². The van der Waals surface area contributed by atoms with E-state index < -0.39 is 0 Å². The second-order valence-electron chi connectivity index (χ2n) is 4.59. The highest BCUT2D eigenvalue weighted by Gasteiger charge is 2.19. The van der Waals surface area contributed by atoms with Gasteiger partial charge in [0, 0.05) is 6.04 Å². The molecule has 0 saturated carbocycles. The van der Waals surface area contributed by atoms with Gasteiger partial charge in [0.05, 0.1) is 19.8 Å². The summed E-state index contributed by atoms with van der Waals surface area (Å²) in [4.78, 5) is 0. The molecular weight excluding hydrogens is 270 g/mol. The number of benzene rings is 1. The maximum absolute atomic E-state index is 5.49. The number of thiophene rings is 1. The smallest absolute Gasteiger partial charge is 0.127 e. The first-order valence-corrected chi connectivity index (χ1v) is 7.63. The van der Waals surface area contributed by atoms with Gasteiger partial charge in [0.2, 0.25) is 0 Å². The van der Waals surface area contributed by atoms with Crippen molar-refractivity contribution in [2.24, 2.45) is 0 Å². The zero-order valence-electron chi connectivity index (χ0n) is 12.2. The maximum Gasteiger partial charge on any atom is 0.127 e. The predicted molar refractivity (Wildman–Crippen MR) is 84.0 cm³/mol. The van der Waals surface area contributed by atoms with Gasteiger partial charge in [-0.15, -0.1) is 0 Å². The quantitative estimate of drug-likeness (QED) is 0.844. The fraction of sp³-hybridized carbons (Fsp3) is 0.375. The van der Waals surface area contributed by atoms with E-state index in [1.165, 1.54) is 5.56 Å². The zero-order chi connectivity index (χ0) is 14.4. The summed E-state index contributed by atoms with van der Waals surface area (Å²) >= 11 is 1.74. The highest BCUT2D eigenvalue weighted by atomic mass is 32.1. The molecule has 1 heterocycles.